The zero-order valence-electron chi connectivity index (χ0n) is 8.64. The summed E-state index contributed by atoms with van der Waals surface area (Å²) in [4.78, 5) is 11.3. The Morgan fingerprint density at radius 2 is 2.14 bits per heavy atom. The molecule has 1 aromatic rings. The van der Waals surface area contributed by atoms with Crippen molar-refractivity contribution in [2.45, 2.75) is 45.4 Å². The second kappa shape index (κ2) is 3.99. The fraction of sp³-hybridized carbons (Fsp3) is 0.583. The van der Waals surface area contributed by atoms with Crippen LogP contribution in [0.3, 0.4) is 0 Å². The Labute approximate surface area is 83.9 Å². The maximum atomic E-state index is 11.3. The minimum absolute atomic E-state index is 0.172. The van der Waals surface area contributed by atoms with Crippen molar-refractivity contribution in [3.05, 3.63) is 33.4 Å². The molecule has 0 aromatic carbocycles. The van der Waals surface area contributed by atoms with Gasteiger partial charge in [0.2, 0.25) is 0 Å². The summed E-state index contributed by atoms with van der Waals surface area (Å²) in [6.45, 7) is 2.14. The van der Waals surface area contributed by atoms with Crippen LogP contribution in [0.1, 0.15) is 43.1 Å². The SMILES string of the molecule is CCCc1cc(=O)oc2c1CCCC2. The van der Waals surface area contributed by atoms with Gasteiger partial charge in [0.05, 0.1) is 0 Å². The maximum Gasteiger partial charge on any atom is 0.336 e. The number of hydrogen-bond acceptors (Lipinski definition) is 2. The highest BCUT2D eigenvalue weighted by molar-refractivity contribution is 5.30. The smallest absolute Gasteiger partial charge is 0.336 e. The van der Waals surface area contributed by atoms with Crippen LogP contribution in [0.15, 0.2) is 15.3 Å². The van der Waals surface area contributed by atoms with Gasteiger partial charge in [-0.25, -0.2) is 4.79 Å². The van der Waals surface area contributed by atoms with E-state index in [0.717, 1.165) is 37.9 Å². The fourth-order valence-corrected chi connectivity index (χ4v) is 2.20. The summed E-state index contributed by atoms with van der Waals surface area (Å²) in [6.07, 6.45) is 6.53. The normalized spacial score (nSPS) is 15.2. The summed E-state index contributed by atoms with van der Waals surface area (Å²) in [5, 5.41) is 0. The Kier molecular flexibility index (Phi) is 2.71. The largest absolute Gasteiger partial charge is 0.428 e. The molecule has 1 aromatic heterocycles. The molecule has 1 aliphatic carbocycles. The lowest BCUT2D eigenvalue weighted by molar-refractivity contribution is 0.424. The van der Waals surface area contributed by atoms with Crippen LogP contribution >= 0.6 is 0 Å². The van der Waals surface area contributed by atoms with Gasteiger partial charge in [-0.2, -0.15) is 0 Å². The van der Waals surface area contributed by atoms with E-state index in [1.54, 1.807) is 6.07 Å². The number of hydrogen-bond donors (Lipinski definition) is 0. The minimum Gasteiger partial charge on any atom is -0.428 e. The van der Waals surface area contributed by atoms with Crippen LogP contribution in [0.2, 0.25) is 0 Å². The van der Waals surface area contributed by atoms with E-state index in [1.165, 1.54) is 17.5 Å². The number of fused-ring (bicyclic) bond motifs is 1. The number of rotatable bonds is 2. The van der Waals surface area contributed by atoms with Gasteiger partial charge in [-0.05, 0) is 36.8 Å². The van der Waals surface area contributed by atoms with Gasteiger partial charge < -0.3 is 4.42 Å². The zero-order valence-corrected chi connectivity index (χ0v) is 8.64. The molecule has 1 heterocycles. The molecule has 0 spiro atoms. The first kappa shape index (κ1) is 9.50. The molecular formula is C12H16O2. The van der Waals surface area contributed by atoms with E-state index in [-0.39, 0.29) is 5.63 Å². The minimum atomic E-state index is -0.172. The first-order valence-electron chi connectivity index (χ1n) is 5.46. The van der Waals surface area contributed by atoms with Crippen LogP contribution in [0.25, 0.3) is 0 Å². The first-order chi connectivity index (χ1) is 6.81. The van der Waals surface area contributed by atoms with Crippen molar-refractivity contribution in [3.63, 3.8) is 0 Å². The lowest BCUT2D eigenvalue weighted by atomic mass is 9.92. The second-order valence-corrected chi connectivity index (χ2v) is 3.95. The summed E-state index contributed by atoms with van der Waals surface area (Å²) in [5.74, 6) is 0.951. The van der Waals surface area contributed by atoms with Gasteiger partial charge in [0, 0.05) is 12.5 Å². The molecule has 2 nitrogen and oxygen atoms in total. The first-order valence-corrected chi connectivity index (χ1v) is 5.46. The third-order valence-corrected chi connectivity index (χ3v) is 2.84. The van der Waals surface area contributed by atoms with Gasteiger partial charge in [0.1, 0.15) is 5.76 Å². The average Bonchev–Trinajstić information content (AvgIpc) is 2.18. The van der Waals surface area contributed by atoms with Gasteiger partial charge in [-0.15, -0.1) is 0 Å². The predicted octanol–water partition coefficient (Wildman–Crippen LogP) is 2.47. The fourth-order valence-electron chi connectivity index (χ4n) is 2.20. The highest BCUT2D eigenvalue weighted by Gasteiger charge is 2.15. The topological polar surface area (TPSA) is 30.2 Å². The van der Waals surface area contributed by atoms with Crippen molar-refractivity contribution in [2.75, 3.05) is 0 Å². The van der Waals surface area contributed by atoms with Crippen LogP contribution in [-0.2, 0) is 19.3 Å². The van der Waals surface area contributed by atoms with Crippen molar-refractivity contribution in [3.8, 4) is 0 Å². The van der Waals surface area contributed by atoms with E-state index in [9.17, 15) is 4.79 Å². The molecule has 0 N–H and O–H groups in total. The quantitative estimate of drug-likeness (QED) is 0.720. The Hall–Kier alpha value is -1.05. The molecule has 0 unspecified atom stereocenters. The van der Waals surface area contributed by atoms with Gasteiger partial charge in [-0.1, -0.05) is 13.3 Å². The van der Waals surface area contributed by atoms with Gasteiger partial charge in [-0.3, -0.25) is 0 Å². The molecule has 0 saturated carbocycles. The standard InChI is InChI=1S/C12H16O2/c1-2-5-9-8-12(13)14-11-7-4-3-6-10(9)11/h8H,2-7H2,1H3. The lowest BCUT2D eigenvalue weighted by Gasteiger charge is -2.16. The summed E-state index contributed by atoms with van der Waals surface area (Å²) < 4.78 is 5.23. The van der Waals surface area contributed by atoms with Crippen molar-refractivity contribution in [1.29, 1.82) is 0 Å². The molecule has 2 heteroatoms. The Balaban J connectivity index is 2.47. The molecule has 0 bridgehead atoms. The molecule has 0 saturated heterocycles. The molecule has 76 valence electrons. The maximum absolute atomic E-state index is 11.3. The van der Waals surface area contributed by atoms with E-state index in [4.69, 9.17) is 4.42 Å². The molecule has 2 rings (SSSR count). The summed E-state index contributed by atoms with van der Waals surface area (Å²) in [5.41, 5.74) is 2.37. The third kappa shape index (κ3) is 1.74. The van der Waals surface area contributed by atoms with Crippen LogP contribution in [0, 0.1) is 0 Å². The number of aryl methyl sites for hydroxylation is 2. The van der Waals surface area contributed by atoms with E-state index < -0.39 is 0 Å². The van der Waals surface area contributed by atoms with E-state index in [2.05, 4.69) is 6.92 Å². The van der Waals surface area contributed by atoms with Gasteiger partial charge in [0.15, 0.2) is 0 Å². The lowest BCUT2D eigenvalue weighted by Crippen LogP contribution is -2.12. The van der Waals surface area contributed by atoms with Crippen LogP contribution in [-0.4, -0.2) is 0 Å². The van der Waals surface area contributed by atoms with Crippen molar-refractivity contribution < 1.29 is 4.42 Å². The molecule has 0 fully saturated rings. The Morgan fingerprint density at radius 1 is 1.36 bits per heavy atom. The monoisotopic (exact) mass is 192 g/mol. The van der Waals surface area contributed by atoms with Crippen molar-refractivity contribution >= 4 is 0 Å². The summed E-state index contributed by atoms with van der Waals surface area (Å²) in [6, 6.07) is 1.67. The molecule has 0 atom stereocenters. The highest BCUT2D eigenvalue weighted by atomic mass is 16.4. The summed E-state index contributed by atoms with van der Waals surface area (Å²) in [7, 11) is 0. The zero-order chi connectivity index (χ0) is 9.97. The molecule has 14 heavy (non-hydrogen) atoms. The van der Waals surface area contributed by atoms with Crippen LogP contribution in [0.4, 0.5) is 0 Å². The Bertz CT molecular complexity index is 376. The average molecular weight is 192 g/mol. The Morgan fingerprint density at radius 3 is 2.93 bits per heavy atom. The van der Waals surface area contributed by atoms with Gasteiger partial charge in [0.25, 0.3) is 0 Å². The van der Waals surface area contributed by atoms with E-state index >= 15 is 0 Å². The van der Waals surface area contributed by atoms with Crippen LogP contribution in [0.5, 0.6) is 0 Å². The molecule has 0 radical (unpaired) electrons. The molecule has 0 aliphatic heterocycles. The second-order valence-electron chi connectivity index (χ2n) is 3.95. The molecule has 1 aliphatic rings. The molecule has 0 amide bonds. The van der Waals surface area contributed by atoms with Crippen molar-refractivity contribution in [1.82, 2.24) is 0 Å². The van der Waals surface area contributed by atoms with Gasteiger partial charge >= 0.3 is 5.63 Å². The third-order valence-electron chi connectivity index (χ3n) is 2.84. The molecular weight excluding hydrogens is 176 g/mol. The van der Waals surface area contributed by atoms with E-state index in [1.807, 2.05) is 0 Å². The predicted molar refractivity (Wildman–Crippen MR) is 55.6 cm³/mol. The van der Waals surface area contributed by atoms with Crippen molar-refractivity contribution in [2.24, 2.45) is 0 Å². The summed E-state index contributed by atoms with van der Waals surface area (Å²) >= 11 is 0. The van der Waals surface area contributed by atoms with Crippen LogP contribution < -0.4 is 5.63 Å². The van der Waals surface area contributed by atoms with E-state index in [0.29, 0.717) is 0 Å². The highest BCUT2D eigenvalue weighted by Crippen LogP contribution is 2.23.